The maximum Gasteiger partial charge on any atom is 0.136 e. The number of nitrogens with one attached hydrogen (secondary N) is 1. The fourth-order valence-electron chi connectivity index (χ4n) is 2.11. The fourth-order valence-corrected chi connectivity index (χ4v) is 2.63. The number of hydrogen-bond donors (Lipinski definition) is 1. The van der Waals surface area contributed by atoms with Crippen molar-refractivity contribution in [3.8, 4) is 11.5 Å². The van der Waals surface area contributed by atoms with Crippen molar-refractivity contribution in [1.82, 2.24) is 5.32 Å². The van der Waals surface area contributed by atoms with E-state index in [2.05, 4.69) is 27.3 Å². The summed E-state index contributed by atoms with van der Waals surface area (Å²) in [5.74, 6) is 1.69. The van der Waals surface area contributed by atoms with Crippen LogP contribution in [0.3, 0.4) is 0 Å². The fraction of sp³-hybridized carbons (Fsp3) is 0.500. The highest BCUT2D eigenvalue weighted by molar-refractivity contribution is 9.10. The van der Waals surface area contributed by atoms with E-state index in [4.69, 9.17) is 9.47 Å². The van der Waals surface area contributed by atoms with E-state index >= 15 is 0 Å². The number of hydrogen-bond acceptors (Lipinski definition) is 3. The van der Waals surface area contributed by atoms with Crippen LogP contribution in [0.25, 0.3) is 0 Å². The minimum absolute atomic E-state index is 0.400. The Bertz CT molecular complexity index is 376. The highest BCUT2D eigenvalue weighted by atomic mass is 79.9. The van der Waals surface area contributed by atoms with E-state index in [1.54, 1.807) is 14.2 Å². The standard InChI is InChI=1S/C12H16BrNO2/c1-15-11-7-12(16-2)9(13)6-8(11)10-4-3-5-14-10/h6-7,10,14H,3-5H2,1-2H3. The van der Waals surface area contributed by atoms with Crippen molar-refractivity contribution in [3.05, 3.63) is 22.2 Å². The van der Waals surface area contributed by atoms with Crippen molar-refractivity contribution in [1.29, 1.82) is 0 Å². The first kappa shape index (κ1) is 11.7. The monoisotopic (exact) mass is 285 g/mol. The molecule has 0 bridgehead atoms. The van der Waals surface area contributed by atoms with Crippen LogP contribution in [-0.2, 0) is 0 Å². The molecule has 16 heavy (non-hydrogen) atoms. The van der Waals surface area contributed by atoms with Gasteiger partial charge in [-0.25, -0.2) is 0 Å². The minimum atomic E-state index is 0.400. The summed E-state index contributed by atoms with van der Waals surface area (Å²) in [6, 6.07) is 4.41. The van der Waals surface area contributed by atoms with Crippen LogP contribution in [-0.4, -0.2) is 20.8 Å². The summed E-state index contributed by atoms with van der Waals surface area (Å²) in [6.45, 7) is 1.08. The molecule has 1 N–H and O–H groups in total. The van der Waals surface area contributed by atoms with Gasteiger partial charge >= 0.3 is 0 Å². The minimum Gasteiger partial charge on any atom is -0.496 e. The predicted octanol–water partition coefficient (Wildman–Crippen LogP) is 2.89. The quantitative estimate of drug-likeness (QED) is 0.926. The molecule has 4 heteroatoms. The SMILES string of the molecule is COc1cc(OC)c(C2CCCN2)cc1Br. The van der Waals surface area contributed by atoms with Crippen molar-refractivity contribution in [3.63, 3.8) is 0 Å². The second kappa shape index (κ2) is 5.06. The van der Waals surface area contributed by atoms with E-state index in [9.17, 15) is 0 Å². The van der Waals surface area contributed by atoms with Gasteiger partial charge in [0.2, 0.25) is 0 Å². The maximum absolute atomic E-state index is 5.41. The Morgan fingerprint density at radius 2 is 2.00 bits per heavy atom. The Hall–Kier alpha value is -0.740. The van der Waals surface area contributed by atoms with Crippen LogP contribution in [0.2, 0.25) is 0 Å². The van der Waals surface area contributed by atoms with Gasteiger partial charge in [0, 0.05) is 17.7 Å². The van der Waals surface area contributed by atoms with E-state index in [1.165, 1.54) is 12.0 Å². The molecular formula is C12H16BrNO2. The third-order valence-electron chi connectivity index (χ3n) is 2.94. The van der Waals surface area contributed by atoms with Gasteiger partial charge in [0.15, 0.2) is 0 Å². The summed E-state index contributed by atoms with van der Waals surface area (Å²) in [5, 5.41) is 3.47. The molecule has 0 amide bonds. The molecule has 3 nitrogen and oxygen atoms in total. The summed E-state index contributed by atoms with van der Waals surface area (Å²) in [4.78, 5) is 0. The predicted molar refractivity (Wildman–Crippen MR) is 67.2 cm³/mol. The first-order chi connectivity index (χ1) is 7.76. The van der Waals surface area contributed by atoms with Crippen LogP contribution >= 0.6 is 15.9 Å². The normalized spacial score (nSPS) is 19.8. The molecule has 1 heterocycles. The van der Waals surface area contributed by atoms with Gasteiger partial charge in [-0.2, -0.15) is 0 Å². The van der Waals surface area contributed by atoms with E-state index in [-0.39, 0.29) is 0 Å². The average molecular weight is 286 g/mol. The second-order valence-electron chi connectivity index (χ2n) is 3.88. The zero-order valence-corrected chi connectivity index (χ0v) is 11.1. The Labute approximate surface area is 104 Å². The molecular weight excluding hydrogens is 270 g/mol. The first-order valence-electron chi connectivity index (χ1n) is 5.41. The molecule has 1 aromatic rings. The van der Waals surface area contributed by atoms with E-state index in [1.807, 2.05) is 6.07 Å². The Morgan fingerprint density at radius 1 is 1.25 bits per heavy atom. The molecule has 1 fully saturated rings. The lowest BCUT2D eigenvalue weighted by Crippen LogP contribution is -2.14. The lowest BCUT2D eigenvalue weighted by Gasteiger charge is -2.17. The molecule has 2 rings (SSSR count). The molecule has 1 aromatic carbocycles. The smallest absolute Gasteiger partial charge is 0.136 e. The van der Waals surface area contributed by atoms with Gasteiger partial charge in [0.1, 0.15) is 11.5 Å². The number of halogens is 1. The average Bonchev–Trinajstić information content (AvgIpc) is 2.82. The molecule has 88 valence electrons. The van der Waals surface area contributed by atoms with Gasteiger partial charge in [-0.15, -0.1) is 0 Å². The molecule has 1 saturated heterocycles. The molecule has 0 radical (unpaired) electrons. The van der Waals surface area contributed by atoms with Gasteiger partial charge in [-0.05, 0) is 41.4 Å². The summed E-state index contributed by atoms with van der Waals surface area (Å²) in [5.41, 5.74) is 1.20. The highest BCUT2D eigenvalue weighted by Gasteiger charge is 2.21. The van der Waals surface area contributed by atoms with E-state index < -0.39 is 0 Å². The number of ether oxygens (including phenoxy) is 2. The third-order valence-corrected chi connectivity index (χ3v) is 3.56. The van der Waals surface area contributed by atoms with Gasteiger partial charge in [-0.1, -0.05) is 0 Å². The number of methoxy groups -OCH3 is 2. The zero-order chi connectivity index (χ0) is 11.5. The first-order valence-corrected chi connectivity index (χ1v) is 6.20. The largest absolute Gasteiger partial charge is 0.496 e. The van der Waals surface area contributed by atoms with Crippen LogP contribution in [0.5, 0.6) is 11.5 Å². The third kappa shape index (κ3) is 2.18. The van der Waals surface area contributed by atoms with Crippen molar-refractivity contribution >= 4 is 15.9 Å². The highest BCUT2D eigenvalue weighted by Crippen LogP contribution is 2.38. The van der Waals surface area contributed by atoms with Crippen LogP contribution in [0.15, 0.2) is 16.6 Å². The van der Waals surface area contributed by atoms with Crippen LogP contribution in [0.4, 0.5) is 0 Å². The van der Waals surface area contributed by atoms with Crippen molar-refractivity contribution < 1.29 is 9.47 Å². The summed E-state index contributed by atoms with van der Waals surface area (Å²) >= 11 is 3.51. The van der Waals surface area contributed by atoms with Crippen molar-refractivity contribution in [2.75, 3.05) is 20.8 Å². The van der Waals surface area contributed by atoms with Crippen LogP contribution < -0.4 is 14.8 Å². The van der Waals surface area contributed by atoms with Crippen LogP contribution in [0, 0.1) is 0 Å². The van der Waals surface area contributed by atoms with Crippen LogP contribution in [0.1, 0.15) is 24.4 Å². The molecule has 1 unspecified atom stereocenters. The summed E-state index contributed by atoms with van der Waals surface area (Å²) in [7, 11) is 3.36. The molecule has 1 aliphatic rings. The molecule has 0 spiro atoms. The van der Waals surface area contributed by atoms with E-state index in [0.29, 0.717) is 6.04 Å². The Kier molecular flexibility index (Phi) is 3.71. The van der Waals surface area contributed by atoms with Gasteiger partial charge in [0.25, 0.3) is 0 Å². The van der Waals surface area contributed by atoms with Gasteiger partial charge in [-0.3, -0.25) is 0 Å². The molecule has 0 saturated carbocycles. The molecule has 1 aliphatic heterocycles. The zero-order valence-electron chi connectivity index (χ0n) is 9.55. The van der Waals surface area contributed by atoms with Gasteiger partial charge < -0.3 is 14.8 Å². The maximum atomic E-state index is 5.41. The van der Waals surface area contributed by atoms with Crippen molar-refractivity contribution in [2.45, 2.75) is 18.9 Å². The topological polar surface area (TPSA) is 30.5 Å². The summed E-state index contributed by atoms with van der Waals surface area (Å²) < 4.78 is 11.6. The summed E-state index contributed by atoms with van der Waals surface area (Å²) in [6.07, 6.45) is 2.38. The lowest BCUT2D eigenvalue weighted by molar-refractivity contribution is 0.385. The van der Waals surface area contributed by atoms with E-state index in [0.717, 1.165) is 28.9 Å². The molecule has 0 aromatic heterocycles. The molecule has 0 aliphatic carbocycles. The second-order valence-corrected chi connectivity index (χ2v) is 4.73. The van der Waals surface area contributed by atoms with Crippen molar-refractivity contribution in [2.24, 2.45) is 0 Å². The molecule has 1 atom stereocenters. The number of benzene rings is 1. The Balaban J connectivity index is 2.39. The van der Waals surface area contributed by atoms with Gasteiger partial charge in [0.05, 0.1) is 18.7 Å². The number of rotatable bonds is 3. The lowest BCUT2D eigenvalue weighted by atomic mass is 10.0. The Morgan fingerprint density at radius 3 is 2.56 bits per heavy atom.